The number of nitrogens with one attached hydrogen (secondary N) is 1. The van der Waals surface area contributed by atoms with Gasteiger partial charge in [0.1, 0.15) is 9.90 Å². The lowest BCUT2D eigenvalue weighted by atomic mass is 10.0. The molecular formula is C16H16ClF3N2O2S2. The molecular weight excluding hydrogens is 409 g/mol. The summed E-state index contributed by atoms with van der Waals surface area (Å²) in [6, 6.07) is 2.28. The number of aryl methyl sites for hydroxylation is 1. The maximum absolute atomic E-state index is 13.0. The summed E-state index contributed by atoms with van der Waals surface area (Å²) >= 11 is 7.25. The molecule has 0 unspecified atom stereocenters. The first-order chi connectivity index (χ1) is 12.0. The van der Waals surface area contributed by atoms with Gasteiger partial charge in [0.05, 0.1) is 16.1 Å². The minimum absolute atomic E-state index is 0.256. The van der Waals surface area contributed by atoms with Gasteiger partial charge in [-0.3, -0.25) is 0 Å². The molecule has 0 amide bonds. The van der Waals surface area contributed by atoms with Gasteiger partial charge in [0.2, 0.25) is 10.0 Å². The lowest BCUT2D eigenvalue weighted by Gasteiger charge is -2.28. The van der Waals surface area contributed by atoms with Crippen molar-refractivity contribution in [1.29, 1.82) is 0 Å². The minimum atomic E-state index is -4.66. The molecule has 1 N–H and O–H groups in total. The third-order valence-electron chi connectivity index (χ3n) is 4.36. The summed E-state index contributed by atoms with van der Waals surface area (Å²) in [5.41, 5.74) is -1.20. The zero-order valence-corrected chi connectivity index (χ0v) is 16.1. The Bertz CT molecular complexity index is 920. The van der Waals surface area contributed by atoms with Crippen molar-refractivity contribution in [3.05, 3.63) is 44.9 Å². The second-order valence-electron chi connectivity index (χ2n) is 6.33. The van der Waals surface area contributed by atoms with Gasteiger partial charge in [-0.2, -0.15) is 17.9 Å². The van der Waals surface area contributed by atoms with E-state index in [0.717, 1.165) is 30.7 Å². The van der Waals surface area contributed by atoms with Crippen LogP contribution in [0.15, 0.2) is 28.5 Å². The molecule has 1 aliphatic carbocycles. The molecule has 0 saturated heterocycles. The Morgan fingerprint density at radius 2 is 1.92 bits per heavy atom. The highest BCUT2D eigenvalue weighted by Crippen LogP contribution is 2.42. The van der Waals surface area contributed by atoms with Crippen molar-refractivity contribution < 1.29 is 21.6 Å². The molecule has 1 aromatic carbocycles. The van der Waals surface area contributed by atoms with E-state index in [2.05, 4.69) is 9.71 Å². The van der Waals surface area contributed by atoms with E-state index in [1.807, 2.05) is 5.38 Å². The molecule has 1 fully saturated rings. The van der Waals surface area contributed by atoms with Gasteiger partial charge in [-0.15, -0.1) is 11.3 Å². The number of rotatable bonds is 4. The van der Waals surface area contributed by atoms with Gasteiger partial charge in [-0.1, -0.05) is 24.4 Å². The van der Waals surface area contributed by atoms with Gasteiger partial charge in [0.15, 0.2) is 0 Å². The monoisotopic (exact) mass is 424 g/mol. The van der Waals surface area contributed by atoms with E-state index in [1.54, 1.807) is 6.92 Å². The summed E-state index contributed by atoms with van der Waals surface area (Å²) in [5.74, 6) is 0. The second-order valence-corrected chi connectivity index (χ2v) is 9.25. The van der Waals surface area contributed by atoms with Crippen molar-refractivity contribution in [3.8, 4) is 0 Å². The van der Waals surface area contributed by atoms with E-state index in [9.17, 15) is 21.6 Å². The fourth-order valence-corrected chi connectivity index (χ4v) is 6.14. The Hall–Kier alpha value is -1.16. The number of hydrogen-bond acceptors (Lipinski definition) is 4. The fourth-order valence-electron chi connectivity index (χ4n) is 3.11. The fraction of sp³-hybridized carbons (Fsp3) is 0.438. The lowest BCUT2D eigenvalue weighted by molar-refractivity contribution is -0.137. The first-order valence-corrected chi connectivity index (χ1v) is 10.6. The van der Waals surface area contributed by atoms with Crippen molar-refractivity contribution in [2.45, 2.75) is 49.2 Å². The molecule has 1 aromatic heterocycles. The third-order valence-corrected chi connectivity index (χ3v) is 7.55. The summed E-state index contributed by atoms with van der Waals surface area (Å²) in [7, 11) is -4.27. The Kier molecular flexibility index (Phi) is 5.11. The van der Waals surface area contributed by atoms with Crippen LogP contribution in [0.1, 0.15) is 41.9 Å². The maximum Gasteiger partial charge on any atom is 0.416 e. The Morgan fingerprint density at radius 1 is 1.27 bits per heavy atom. The SMILES string of the molecule is Cc1csc(C2(NS(=O)(=O)c3cc(C(F)(F)F)ccc3Cl)CCCC2)n1. The van der Waals surface area contributed by atoms with Crippen LogP contribution < -0.4 is 4.72 Å². The average Bonchev–Trinajstić information content (AvgIpc) is 3.16. The van der Waals surface area contributed by atoms with Crippen molar-refractivity contribution in [2.75, 3.05) is 0 Å². The molecule has 0 atom stereocenters. The van der Waals surface area contributed by atoms with E-state index >= 15 is 0 Å². The molecule has 0 bridgehead atoms. The number of halogens is 4. The van der Waals surface area contributed by atoms with Gasteiger partial charge >= 0.3 is 6.18 Å². The summed E-state index contributed by atoms with van der Waals surface area (Å²) in [6.07, 6.45) is -1.98. The van der Waals surface area contributed by atoms with Crippen molar-refractivity contribution in [1.82, 2.24) is 9.71 Å². The molecule has 10 heteroatoms. The predicted octanol–water partition coefficient (Wildman–Crippen LogP) is 4.87. The van der Waals surface area contributed by atoms with Crippen LogP contribution in [-0.2, 0) is 21.7 Å². The van der Waals surface area contributed by atoms with Crippen LogP contribution in [0.2, 0.25) is 5.02 Å². The first kappa shape index (κ1) is 19.6. The quantitative estimate of drug-likeness (QED) is 0.761. The molecule has 4 nitrogen and oxygen atoms in total. The summed E-state index contributed by atoms with van der Waals surface area (Å²) in [6.45, 7) is 1.81. The van der Waals surface area contributed by atoms with Crippen molar-refractivity contribution >= 4 is 33.0 Å². The average molecular weight is 425 g/mol. The van der Waals surface area contributed by atoms with Crippen LogP contribution in [-0.4, -0.2) is 13.4 Å². The summed E-state index contributed by atoms with van der Waals surface area (Å²) in [5, 5.41) is 2.19. The highest BCUT2D eigenvalue weighted by molar-refractivity contribution is 7.89. The normalized spacial score (nSPS) is 17.6. The number of aromatic nitrogens is 1. The largest absolute Gasteiger partial charge is 0.416 e. The van der Waals surface area contributed by atoms with Crippen LogP contribution in [0.3, 0.4) is 0 Å². The zero-order valence-electron chi connectivity index (χ0n) is 13.7. The number of nitrogens with zero attached hydrogens (tertiary/aromatic N) is 1. The van der Waals surface area contributed by atoms with Crippen LogP contribution in [0, 0.1) is 6.92 Å². The standard InChI is InChI=1S/C16H16ClF3N2O2S2/c1-10-9-25-14(21-10)15(6-2-3-7-15)22-26(23,24)13-8-11(16(18,19)20)4-5-12(13)17/h4-5,8-9,22H,2-3,6-7H2,1H3. The van der Waals surface area contributed by atoms with Crippen LogP contribution in [0.25, 0.3) is 0 Å². The van der Waals surface area contributed by atoms with E-state index in [-0.39, 0.29) is 5.02 Å². The third kappa shape index (κ3) is 3.76. The summed E-state index contributed by atoms with van der Waals surface area (Å²) < 4.78 is 67.3. The van der Waals surface area contributed by atoms with Crippen LogP contribution in [0.5, 0.6) is 0 Å². The highest BCUT2D eigenvalue weighted by Gasteiger charge is 2.43. The maximum atomic E-state index is 13.0. The number of benzene rings is 1. The molecule has 1 heterocycles. The van der Waals surface area contributed by atoms with Crippen LogP contribution in [0.4, 0.5) is 13.2 Å². The topological polar surface area (TPSA) is 59.1 Å². The highest BCUT2D eigenvalue weighted by atomic mass is 35.5. The molecule has 0 spiro atoms. The van der Waals surface area contributed by atoms with Gasteiger partial charge in [-0.25, -0.2) is 13.4 Å². The number of thiazole rings is 1. The second kappa shape index (κ2) is 6.78. The van der Waals surface area contributed by atoms with E-state index < -0.39 is 32.2 Å². The molecule has 0 radical (unpaired) electrons. The Morgan fingerprint density at radius 3 is 2.46 bits per heavy atom. The minimum Gasteiger partial charge on any atom is -0.245 e. The van der Waals surface area contributed by atoms with Gasteiger partial charge in [0.25, 0.3) is 0 Å². The Labute approximate surface area is 158 Å². The Balaban J connectivity index is 2.03. The molecule has 1 saturated carbocycles. The van der Waals surface area contributed by atoms with E-state index in [0.29, 0.717) is 23.9 Å². The lowest BCUT2D eigenvalue weighted by Crippen LogP contribution is -2.43. The van der Waals surface area contributed by atoms with Gasteiger partial charge in [0, 0.05) is 11.1 Å². The number of hydrogen-bond donors (Lipinski definition) is 1. The van der Waals surface area contributed by atoms with Crippen molar-refractivity contribution in [3.63, 3.8) is 0 Å². The molecule has 26 heavy (non-hydrogen) atoms. The number of sulfonamides is 1. The first-order valence-electron chi connectivity index (χ1n) is 7.87. The zero-order chi connectivity index (χ0) is 19.2. The van der Waals surface area contributed by atoms with Gasteiger partial charge in [-0.05, 0) is 38.0 Å². The predicted molar refractivity (Wildman–Crippen MR) is 93.8 cm³/mol. The van der Waals surface area contributed by atoms with Crippen LogP contribution >= 0.6 is 22.9 Å². The van der Waals surface area contributed by atoms with E-state index in [1.165, 1.54) is 11.3 Å². The van der Waals surface area contributed by atoms with Crippen molar-refractivity contribution in [2.24, 2.45) is 0 Å². The summed E-state index contributed by atoms with van der Waals surface area (Å²) in [4.78, 5) is 3.83. The molecule has 2 aromatic rings. The van der Waals surface area contributed by atoms with E-state index in [4.69, 9.17) is 11.6 Å². The molecule has 142 valence electrons. The smallest absolute Gasteiger partial charge is 0.245 e. The van der Waals surface area contributed by atoms with Gasteiger partial charge < -0.3 is 0 Å². The molecule has 0 aliphatic heterocycles. The molecule has 3 rings (SSSR count). The number of alkyl halides is 3. The molecule has 1 aliphatic rings.